The van der Waals surface area contributed by atoms with Gasteiger partial charge in [0.25, 0.3) is 0 Å². The summed E-state index contributed by atoms with van der Waals surface area (Å²) in [6.45, 7) is 0.207. The van der Waals surface area contributed by atoms with Crippen LogP contribution in [0.2, 0.25) is 0 Å². The molecule has 88 valence electrons. The number of carbonyl (C=O) groups excluding carboxylic acids is 1. The summed E-state index contributed by atoms with van der Waals surface area (Å²) in [7, 11) is 1.60. The Morgan fingerprint density at radius 2 is 2.25 bits per heavy atom. The highest BCUT2D eigenvalue weighted by atomic mass is 79.9. The Morgan fingerprint density at radius 3 is 2.88 bits per heavy atom. The molecule has 0 bridgehead atoms. The Balaban J connectivity index is 2.72. The number of hydrogen-bond donors (Lipinski definition) is 1. The third-order valence-electron chi connectivity index (χ3n) is 2.21. The molecule has 0 fully saturated rings. The van der Waals surface area contributed by atoms with Gasteiger partial charge in [-0.1, -0.05) is 15.9 Å². The fourth-order valence-electron chi connectivity index (χ4n) is 1.25. The molecule has 0 radical (unpaired) electrons. The largest absolute Gasteiger partial charge is 0.395 e. The molecule has 0 aliphatic rings. The van der Waals surface area contributed by atoms with Crippen LogP contribution >= 0.6 is 15.9 Å². The zero-order chi connectivity index (χ0) is 12.1. The summed E-state index contributed by atoms with van der Waals surface area (Å²) in [5.41, 5.74) is 0.606. The lowest BCUT2D eigenvalue weighted by Gasteiger charge is -2.16. The average Bonchev–Trinajstić information content (AvgIpc) is 2.23. The van der Waals surface area contributed by atoms with Crippen LogP contribution in [0.1, 0.15) is 5.56 Å². The molecule has 16 heavy (non-hydrogen) atoms. The summed E-state index contributed by atoms with van der Waals surface area (Å²) in [6.07, 6.45) is 0.120. The van der Waals surface area contributed by atoms with Gasteiger partial charge in [0.1, 0.15) is 5.82 Å². The van der Waals surface area contributed by atoms with Crippen molar-refractivity contribution in [2.45, 2.75) is 6.42 Å². The molecule has 1 aromatic rings. The van der Waals surface area contributed by atoms with Crippen LogP contribution in [0.15, 0.2) is 22.7 Å². The number of nitrogens with zero attached hydrogens (tertiary/aromatic N) is 1. The summed E-state index contributed by atoms with van der Waals surface area (Å²) in [4.78, 5) is 13.1. The molecule has 1 N–H and O–H groups in total. The summed E-state index contributed by atoms with van der Waals surface area (Å²) in [6, 6.07) is 4.23. The molecule has 0 aromatic heterocycles. The predicted molar refractivity (Wildman–Crippen MR) is 62.5 cm³/mol. The number of aliphatic hydroxyl groups excluding tert-OH is 1. The van der Waals surface area contributed by atoms with E-state index in [-0.39, 0.29) is 31.3 Å². The number of benzene rings is 1. The fourth-order valence-corrected chi connectivity index (χ4v) is 1.64. The lowest BCUT2D eigenvalue weighted by atomic mass is 10.1. The SMILES string of the molecule is CN(CCO)C(=O)Cc1cc(F)ccc1Br. The van der Waals surface area contributed by atoms with Crippen molar-refractivity contribution in [2.75, 3.05) is 20.2 Å². The van der Waals surface area contributed by atoms with Crippen LogP contribution in [-0.4, -0.2) is 36.1 Å². The molecule has 0 aliphatic carbocycles. The van der Waals surface area contributed by atoms with E-state index in [0.717, 1.165) is 0 Å². The second-order valence-corrected chi connectivity index (χ2v) is 4.31. The van der Waals surface area contributed by atoms with Crippen molar-refractivity contribution in [3.63, 3.8) is 0 Å². The molecule has 0 saturated carbocycles. The van der Waals surface area contributed by atoms with Crippen molar-refractivity contribution in [1.29, 1.82) is 0 Å². The van der Waals surface area contributed by atoms with Gasteiger partial charge in [0.05, 0.1) is 13.0 Å². The van der Waals surface area contributed by atoms with E-state index in [1.54, 1.807) is 13.1 Å². The first kappa shape index (κ1) is 13.1. The van der Waals surface area contributed by atoms with Crippen LogP contribution in [0, 0.1) is 5.82 Å². The molecular formula is C11H13BrFNO2. The molecule has 0 atom stereocenters. The van der Waals surface area contributed by atoms with Crippen molar-refractivity contribution >= 4 is 21.8 Å². The van der Waals surface area contributed by atoms with Crippen molar-refractivity contribution in [2.24, 2.45) is 0 Å². The Hall–Kier alpha value is -0.940. The minimum absolute atomic E-state index is 0.0768. The van der Waals surface area contributed by atoms with Gasteiger partial charge in [-0.15, -0.1) is 0 Å². The molecule has 0 unspecified atom stereocenters. The van der Waals surface area contributed by atoms with Gasteiger partial charge >= 0.3 is 0 Å². The molecule has 0 heterocycles. The van der Waals surface area contributed by atoms with Crippen molar-refractivity contribution < 1.29 is 14.3 Å². The molecule has 3 nitrogen and oxygen atoms in total. The van der Waals surface area contributed by atoms with E-state index >= 15 is 0 Å². The lowest BCUT2D eigenvalue weighted by Crippen LogP contribution is -2.30. The standard InChI is InChI=1S/C11H13BrFNO2/c1-14(4-5-15)11(16)7-8-6-9(13)2-3-10(8)12/h2-3,6,15H,4-5,7H2,1H3. The first-order valence-corrected chi connectivity index (χ1v) is 5.62. The van der Waals surface area contributed by atoms with Gasteiger partial charge in [-0.25, -0.2) is 4.39 Å². The van der Waals surface area contributed by atoms with Crippen LogP contribution < -0.4 is 0 Å². The van der Waals surface area contributed by atoms with E-state index in [0.29, 0.717) is 10.0 Å². The molecule has 0 saturated heterocycles. The molecule has 0 aliphatic heterocycles. The Bertz CT molecular complexity index is 384. The van der Waals surface area contributed by atoms with Crippen LogP contribution in [0.25, 0.3) is 0 Å². The number of rotatable bonds is 4. The lowest BCUT2D eigenvalue weighted by molar-refractivity contribution is -0.129. The Labute approximate surface area is 102 Å². The third kappa shape index (κ3) is 3.57. The minimum atomic E-state index is -0.365. The van der Waals surface area contributed by atoms with Gasteiger partial charge in [-0.2, -0.15) is 0 Å². The van der Waals surface area contributed by atoms with Gasteiger partial charge in [0.2, 0.25) is 5.91 Å². The maximum atomic E-state index is 13.0. The molecular weight excluding hydrogens is 277 g/mol. The average molecular weight is 290 g/mol. The monoisotopic (exact) mass is 289 g/mol. The third-order valence-corrected chi connectivity index (χ3v) is 2.98. The number of hydrogen-bond acceptors (Lipinski definition) is 2. The van der Waals surface area contributed by atoms with Crippen LogP contribution in [0.4, 0.5) is 4.39 Å². The molecule has 1 aromatic carbocycles. The van der Waals surface area contributed by atoms with Crippen LogP contribution in [0.5, 0.6) is 0 Å². The number of likely N-dealkylation sites (N-methyl/N-ethyl adjacent to an activating group) is 1. The minimum Gasteiger partial charge on any atom is -0.395 e. The summed E-state index contributed by atoms with van der Waals surface area (Å²) in [5, 5.41) is 8.69. The fraction of sp³-hybridized carbons (Fsp3) is 0.364. The van der Waals surface area contributed by atoms with Gasteiger partial charge in [0.15, 0.2) is 0 Å². The van der Waals surface area contributed by atoms with Crippen molar-refractivity contribution in [1.82, 2.24) is 4.90 Å². The zero-order valence-electron chi connectivity index (χ0n) is 8.91. The van der Waals surface area contributed by atoms with Gasteiger partial charge in [-0.3, -0.25) is 4.79 Å². The second kappa shape index (κ2) is 5.96. The molecule has 1 rings (SSSR count). The maximum Gasteiger partial charge on any atom is 0.226 e. The van der Waals surface area contributed by atoms with E-state index in [4.69, 9.17) is 5.11 Å². The van der Waals surface area contributed by atoms with Crippen molar-refractivity contribution in [3.05, 3.63) is 34.1 Å². The van der Waals surface area contributed by atoms with Crippen LogP contribution in [0.3, 0.4) is 0 Å². The molecule has 0 spiro atoms. The van der Waals surface area contributed by atoms with Gasteiger partial charge in [0, 0.05) is 18.1 Å². The van der Waals surface area contributed by atoms with E-state index in [2.05, 4.69) is 15.9 Å². The Kier molecular flexibility index (Phi) is 4.89. The van der Waals surface area contributed by atoms with Gasteiger partial charge < -0.3 is 10.0 Å². The highest BCUT2D eigenvalue weighted by Gasteiger charge is 2.11. The quantitative estimate of drug-likeness (QED) is 0.914. The maximum absolute atomic E-state index is 13.0. The second-order valence-electron chi connectivity index (χ2n) is 3.45. The molecule has 1 amide bonds. The predicted octanol–water partition coefficient (Wildman–Crippen LogP) is 1.58. The van der Waals surface area contributed by atoms with Gasteiger partial charge in [-0.05, 0) is 23.8 Å². The summed E-state index contributed by atoms with van der Waals surface area (Å²) < 4.78 is 13.7. The highest BCUT2D eigenvalue weighted by Crippen LogP contribution is 2.18. The summed E-state index contributed by atoms with van der Waals surface area (Å²) in [5.74, 6) is -0.517. The zero-order valence-corrected chi connectivity index (χ0v) is 10.5. The smallest absolute Gasteiger partial charge is 0.226 e. The number of carbonyl (C=O) groups is 1. The summed E-state index contributed by atoms with van der Waals surface area (Å²) >= 11 is 3.26. The van der Waals surface area contributed by atoms with Crippen LogP contribution in [-0.2, 0) is 11.2 Å². The first-order chi connectivity index (χ1) is 7.54. The number of amides is 1. The van der Waals surface area contributed by atoms with E-state index < -0.39 is 0 Å². The Morgan fingerprint density at radius 1 is 1.56 bits per heavy atom. The first-order valence-electron chi connectivity index (χ1n) is 4.83. The highest BCUT2D eigenvalue weighted by molar-refractivity contribution is 9.10. The van der Waals surface area contributed by atoms with E-state index in [1.807, 2.05) is 0 Å². The van der Waals surface area contributed by atoms with Crippen molar-refractivity contribution in [3.8, 4) is 0 Å². The normalized spacial score (nSPS) is 10.2. The number of aliphatic hydroxyl groups is 1. The van der Waals surface area contributed by atoms with E-state index in [9.17, 15) is 9.18 Å². The van der Waals surface area contributed by atoms with E-state index in [1.165, 1.54) is 17.0 Å². The molecule has 5 heteroatoms. The number of halogens is 2. The topological polar surface area (TPSA) is 40.5 Å².